The van der Waals surface area contributed by atoms with Gasteiger partial charge in [-0.2, -0.15) is 0 Å². The molecule has 0 fully saturated rings. The SMILES string of the molecule is CC(C)(CCN)c1cccc(C(=O)O)c1. The maximum Gasteiger partial charge on any atom is 0.335 e. The van der Waals surface area contributed by atoms with E-state index in [1.807, 2.05) is 6.07 Å². The first-order valence-electron chi connectivity index (χ1n) is 5.01. The van der Waals surface area contributed by atoms with Crippen LogP contribution in [0.1, 0.15) is 36.2 Å². The highest BCUT2D eigenvalue weighted by Crippen LogP contribution is 2.26. The van der Waals surface area contributed by atoms with Gasteiger partial charge in [0.15, 0.2) is 0 Å². The maximum absolute atomic E-state index is 10.8. The molecule has 0 aliphatic heterocycles. The summed E-state index contributed by atoms with van der Waals surface area (Å²) in [5, 5.41) is 8.88. The first-order valence-corrected chi connectivity index (χ1v) is 5.01. The van der Waals surface area contributed by atoms with Gasteiger partial charge in [0, 0.05) is 0 Å². The van der Waals surface area contributed by atoms with Crippen molar-refractivity contribution < 1.29 is 9.90 Å². The van der Waals surface area contributed by atoms with Gasteiger partial charge in [-0.15, -0.1) is 0 Å². The average molecular weight is 207 g/mol. The van der Waals surface area contributed by atoms with Crippen LogP contribution in [0.5, 0.6) is 0 Å². The maximum atomic E-state index is 10.8. The average Bonchev–Trinajstić information content (AvgIpc) is 2.18. The molecule has 0 aromatic heterocycles. The van der Waals surface area contributed by atoms with Crippen LogP contribution in [0.2, 0.25) is 0 Å². The Morgan fingerprint density at radius 3 is 2.67 bits per heavy atom. The Bertz CT molecular complexity index is 358. The second kappa shape index (κ2) is 4.45. The molecule has 3 heteroatoms. The predicted molar refractivity (Wildman–Crippen MR) is 60.1 cm³/mol. The minimum absolute atomic E-state index is 0.0692. The summed E-state index contributed by atoms with van der Waals surface area (Å²) in [5.41, 5.74) is 6.82. The number of benzene rings is 1. The summed E-state index contributed by atoms with van der Waals surface area (Å²) in [4.78, 5) is 10.8. The van der Waals surface area contributed by atoms with Gasteiger partial charge in [0.05, 0.1) is 5.56 Å². The zero-order valence-electron chi connectivity index (χ0n) is 9.16. The number of rotatable bonds is 4. The highest BCUT2D eigenvalue weighted by Gasteiger charge is 2.20. The molecule has 82 valence electrons. The van der Waals surface area contributed by atoms with Crippen molar-refractivity contribution >= 4 is 5.97 Å². The number of carboxylic acid groups (broad SMARTS) is 1. The van der Waals surface area contributed by atoms with Crippen LogP contribution in [0.3, 0.4) is 0 Å². The second-order valence-corrected chi connectivity index (χ2v) is 4.31. The fraction of sp³-hybridized carbons (Fsp3) is 0.417. The Morgan fingerprint density at radius 1 is 1.47 bits per heavy atom. The molecule has 0 atom stereocenters. The highest BCUT2D eigenvalue weighted by atomic mass is 16.4. The minimum atomic E-state index is -0.889. The largest absolute Gasteiger partial charge is 0.478 e. The van der Waals surface area contributed by atoms with E-state index in [2.05, 4.69) is 13.8 Å². The molecule has 0 amide bonds. The summed E-state index contributed by atoms with van der Waals surface area (Å²) >= 11 is 0. The predicted octanol–water partition coefficient (Wildman–Crippen LogP) is 2.01. The molecular weight excluding hydrogens is 190 g/mol. The van der Waals surface area contributed by atoms with E-state index in [4.69, 9.17) is 10.8 Å². The molecule has 15 heavy (non-hydrogen) atoms. The normalized spacial score (nSPS) is 11.4. The van der Waals surface area contributed by atoms with E-state index in [0.29, 0.717) is 12.1 Å². The quantitative estimate of drug-likeness (QED) is 0.793. The van der Waals surface area contributed by atoms with Gasteiger partial charge >= 0.3 is 5.97 Å². The van der Waals surface area contributed by atoms with E-state index >= 15 is 0 Å². The third kappa shape index (κ3) is 2.80. The summed E-state index contributed by atoms with van der Waals surface area (Å²) in [6.45, 7) is 4.74. The molecule has 0 spiro atoms. The molecule has 1 rings (SSSR count). The van der Waals surface area contributed by atoms with Crippen LogP contribution >= 0.6 is 0 Å². The number of nitrogens with two attached hydrogens (primary N) is 1. The third-order valence-corrected chi connectivity index (χ3v) is 2.66. The van der Waals surface area contributed by atoms with Crippen molar-refractivity contribution in [2.45, 2.75) is 25.7 Å². The van der Waals surface area contributed by atoms with E-state index in [-0.39, 0.29) is 5.41 Å². The zero-order chi connectivity index (χ0) is 11.5. The Hall–Kier alpha value is -1.35. The van der Waals surface area contributed by atoms with Crippen molar-refractivity contribution in [3.63, 3.8) is 0 Å². The molecule has 0 saturated heterocycles. The number of hydrogen-bond donors (Lipinski definition) is 2. The molecule has 0 radical (unpaired) electrons. The Kier molecular flexibility index (Phi) is 3.48. The molecule has 0 bridgehead atoms. The highest BCUT2D eigenvalue weighted by molar-refractivity contribution is 5.87. The van der Waals surface area contributed by atoms with Gasteiger partial charge in [-0.1, -0.05) is 26.0 Å². The molecule has 0 heterocycles. The summed E-state index contributed by atoms with van der Waals surface area (Å²) in [5.74, 6) is -0.889. The van der Waals surface area contributed by atoms with Crippen molar-refractivity contribution in [2.75, 3.05) is 6.54 Å². The van der Waals surface area contributed by atoms with Crippen molar-refractivity contribution in [2.24, 2.45) is 5.73 Å². The molecule has 1 aromatic rings. The lowest BCUT2D eigenvalue weighted by atomic mass is 9.81. The molecule has 3 nitrogen and oxygen atoms in total. The standard InChI is InChI=1S/C12H17NO2/c1-12(2,6-7-13)10-5-3-4-9(8-10)11(14)15/h3-5,8H,6-7,13H2,1-2H3,(H,14,15). The smallest absolute Gasteiger partial charge is 0.335 e. The Balaban J connectivity index is 3.04. The summed E-state index contributed by atoms with van der Waals surface area (Å²) in [6, 6.07) is 7.04. The van der Waals surface area contributed by atoms with Crippen molar-refractivity contribution in [1.29, 1.82) is 0 Å². The van der Waals surface area contributed by atoms with Crippen LogP contribution in [-0.4, -0.2) is 17.6 Å². The first-order chi connectivity index (χ1) is 6.97. The van der Waals surface area contributed by atoms with Crippen LogP contribution in [0, 0.1) is 0 Å². The van der Waals surface area contributed by atoms with E-state index in [0.717, 1.165) is 12.0 Å². The monoisotopic (exact) mass is 207 g/mol. The second-order valence-electron chi connectivity index (χ2n) is 4.31. The van der Waals surface area contributed by atoms with Crippen molar-refractivity contribution in [1.82, 2.24) is 0 Å². The van der Waals surface area contributed by atoms with Crippen LogP contribution < -0.4 is 5.73 Å². The van der Waals surface area contributed by atoms with E-state index in [1.54, 1.807) is 18.2 Å². The van der Waals surface area contributed by atoms with Gasteiger partial charge in [-0.3, -0.25) is 0 Å². The fourth-order valence-corrected chi connectivity index (χ4v) is 1.58. The number of carbonyl (C=O) groups is 1. The summed E-state index contributed by atoms with van der Waals surface area (Å²) in [7, 11) is 0. The molecule has 0 aliphatic carbocycles. The zero-order valence-corrected chi connectivity index (χ0v) is 9.16. The molecule has 0 aliphatic rings. The molecule has 3 N–H and O–H groups in total. The minimum Gasteiger partial charge on any atom is -0.478 e. The molecule has 1 aromatic carbocycles. The van der Waals surface area contributed by atoms with E-state index in [9.17, 15) is 4.79 Å². The third-order valence-electron chi connectivity index (χ3n) is 2.66. The van der Waals surface area contributed by atoms with Crippen LogP contribution in [0.15, 0.2) is 24.3 Å². The van der Waals surface area contributed by atoms with Gasteiger partial charge < -0.3 is 10.8 Å². The Labute approximate surface area is 89.9 Å². The van der Waals surface area contributed by atoms with Gasteiger partial charge in [-0.25, -0.2) is 4.79 Å². The van der Waals surface area contributed by atoms with Crippen molar-refractivity contribution in [3.8, 4) is 0 Å². The van der Waals surface area contributed by atoms with Crippen LogP contribution in [0.4, 0.5) is 0 Å². The fourth-order valence-electron chi connectivity index (χ4n) is 1.58. The van der Waals surface area contributed by atoms with E-state index in [1.165, 1.54) is 0 Å². The molecular formula is C12H17NO2. The Morgan fingerprint density at radius 2 is 2.13 bits per heavy atom. The lowest BCUT2D eigenvalue weighted by molar-refractivity contribution is 0.0696. The van der Waals surface area contributed by atoms with Gasteiger partial charge in [-0.05, 0) is 36.1 Å². The van der Waals surface area contributed by atoms with Crippen LogP contribution in [-0.2, 0) is 5.41 Å². The van der Waals surface area contributed by atoms with Gasteiger partial charge in [0.2, 0.25) is 0 Å². The number of carboxylic acids is 1. The van der Waals surface area contributed by atoms with Gasteiger partial charge in [0.1, 0.15) is 0 Å². The first kappa shape index (κ1) is 11.7. The van der Waals surface area contributed by atoms with E-state index < -0.39 is 5.97 Å². The van der Waals surface area contributed by atoms with Crippen LogP contribution in [0.25, 0.3) is 0 Å². The van der Waals surface area contributed by atoms with Crippen molar-refractivity contribution in [3.05, 3.63) is 35.4 Å². The number of hydrogen-bond acceptors (Lipinski definition) is 2. The molecule has 0 unspecified atom stereocenters. The summed E-state index contributed by atoms with van der Waals surface area (Å²) < 4.78 is 0. The number of aromatic carboxylic acids is 1. The van der Waals surface area contributed by atoms with Gasteiger partial charge in [0.25, 0.3) is 0 Å². The summed E-state index contributed by atoms with van der Waals surface area (Å²) in [6.07, 6.45) is 0.843. The lowest BCUT2D eigenvalue weighted by Gasteiger charge is -2.24. The molecule has 0 saturated carbocycles. The topological polar surface area (TPSA) is 63.3 Å². The lowest BCUT2D eigenvalue weighted by Crippen LogP contribution is -2.22.